The molecule has 9 N–H and O–H groups in total. The van der Waals surface area contributed by atoms with Crippen LogP contribution in [0.4, 0.5) is 22.7 Å². The molecule has 0 saturated carbocycles. The van der Waals surface area contributed by atoms with Gasteiger partial charge in [0.1, 0.15) is 22.9 Å². The Kier molecular flexibility index (Phi) is 17.8. The molecule has 2 amide bonds. The summed E-state index contributed by atoms with van der Waals surface area (Å²) >= 11 is 12.0. The Labute approximate surface area is 348 Å². The number of benzene rings is 4. The number of anilines is 3. The van der Waals surface area contributed by atoms with E-state index in [2.05, 4.69) is 41.2 Å². The fourth-order valence-electron chi connectivity index (χ4n) is 4.04. The monoisotopic (exact) mass is 908 g/mol. The van der Waals surface area contributed by atoms with Gasteiger partial charge in [-0.1, -0.05) is 47.5 Å². The maximum atomic E-state index is 12.4. The first kappa shape index (κ1) is 47.8. The van der Waals surface area contributed by atoms with Crippen LogP contribution in [0.15, 0.2) is 128 Å². The van der Waals surface area contributed by atoms with E-state index >= 15 is 0 Å². The van der Waals surface area contributed by atoms with E-state index in [4.69, 9.17) is 23.2 Å². The SMILES string of the molecule is CNS(=O)(=O)c1ccc(O)c(N=N/C(C(=O)Nc2ccccc2Cl)=C(/C)O)c1.CNS(=O)(=O)c1ccc(O)c(N[N-]/C(C(=O)Nc2ccccc2Cl)=C(/C)O)c1.[Co]. The number of allylic oxidation sites excluding steroid dienone is 2. The summed E-state index contributed by atoms with van der Waals surface area (Å²) in [6, 6.07) is 19.8. The van der Waals surface area contributed by atoms with Crippen LogP contribution in [0, 0.1) is 0 Å². The summed E-state index contributed by atoms with van der Waals surface area (Å²) in [4.78, 5) is 24.5. The first-order valence-corrected chi connectivity index (χ1v) is 19.4. The predicted octanol–water partition coefficient (Wildman–Crippen LogP) is 6.55. The summed E-state index contributed by atoms with van der Waals surface area (Å²) in [7, 11) is -5.05. The number of sulfonamides is 2. The number of aliphatic hydroxyl groups is 2. The standard InChI is InChI=1S/C17H18ClN4O5S.C17H17ClN4O5S.Co/c2*1-10(23)16(17(25)20-13-6-4-3-5-12(13)18)22-21-14-9-11(7-8-15(14)24)28(26,27)19-2;/h3-9,19,21,24H,1-2H3,(H2,20,23,25);3-9,19,23-24H,1-2H3,(H,20,25);/q-1;;/b;16-10-,22-21?;. The van der Waals surface area contributed by atoms with Gasteiger partial charge in [-0.2, -0.15) is 0 Å². The maximum Gasteiger partial charge on any atom is 0.279 e. The van der Waals surface area contributed by atoms with Crippen LogP contribution in [0.25, 0.3) is 5.43 Å². The molecule has 0 heterocycles. The number of nitrogens with zero attached hydrogens (tertiary/aromatic N) is 3. The Morgan fingerprint density at radius 3 is 1.61 bits per heavy atom. The number of phenolic OH excluding ortho intramolecular Hbond substituents is 2. The van der Waals surface area contributed by atoms with Gasteiger partial charge >= 0.3 is 0 Å². The van der Waals surface area contributed by atoms with E-state index in [1.807, 2.05) is 0 Å². The number of nitrogens with one attached hydrogen (secondary N) is 5. The Morgan fingerprint density at radius 1 is 0.667 bits per heavy atom. The number of carbonyl (C=O) groups is 2. The number of carbonyl (C=O) groups excluding carboxylic acids is 2. The largest absolute Gasteiger partial charge is 0.590 e. The van der Waals surface area contributed by atoms with Gasteiger partial charge < -0.3 is 41.9 Å². The fourth-order valence-corrected chi connectivity index (χ4v) is 5.92. The van der Waals surface area contributed by atoms with Crippen molar-refractivity contribution in [3.8, 4) is 11.5 Å². The molecule has 0 aliphatic carbocycles. The van der Waals surface area contributed by atoms with Crippen LogP contribution in [0.1, 0.15) is 13.8 Å². The molecule has 1 radical (unpaired) electrons. The van der Waals surface area contributed by atoms with Crippen LogP contribution in [0.5, 0.6) is 11.5 Å². The second-order valence-corrected chi connectivity index (χ2v) is 15.5. The first-order valence-electron chi connectivity index (χ1n) is 15.6. The molecule has 0 aliphatic heterocycles. The predicted molar refractivity (Wildman–Crippen MR) is 211 cm³/mol. The van der Waals surface area contributed by atoms with E-state index in [0.717, 1.165) is 24.3 Å². The molecule has 0 aromatic heterocycles. The van der Waals surface area contributed by atoms with Crippen molar-refractivity contribution >= 4 is 77.8 Å². The van der Waals surface area contributed by atoms with Gasteiger partial charge in [-0.3, -0.25) is 9.59 Å². The second-order valence-electron chi connectivity index (χ2n) is 10.9. The van der Waals surface area contributed by atoms with Crippen molar-refractivity contribution in [2.45, 2.75) is 23.6 Å². The Morgan fingerprint density at radius 2 is 1.14 bits per heavy atom. The van der Waals surface area contributed by atoms with Gasteiger partial charge in [0, 0.05) is 16.8 Å². The summed E-state index contributed by atoms with van der Waals surface area (Å²) in [6.07, 6.45) is 0. The smallest absolute Gasteiger partial charge is 0.279 e. The van der Waals surface area contributed by atoms with Crippen LogP contribution in [-0.4, -0.2) is 63.2 Å². The van der Waals surface area contributed by atoms with Crippen LogP contribution >= 0.6 is 23.2 Å². The number of azo groups is 1. The molecule has 0 fully saturated rings. The number of halogens is 2. The number of para-hydroxylation sites is 2. The van der Waals surface area contributed by atoms with Gasteiger partial charge in [0.2, 0.25) is 26.0 Å². The molecular formula is C34H35Cl2CoN8O10S2-. The molecule has 0 aliphatic rings. The van der Waals surface area contributed by atoms with E-state index in [9.17, 15) is 46.9 Å². The third-order valence-electron chi connectivity index (χ3n) is 6.98. The molecule has 4 rings (SSSR count). The second kappa shape index (κ2) is 21.2. The third kappa shape index (κ3) is 13.4. The minimum Gasteiger partial charge on any atom is -0.590 e. The summed E-state index contributed by atoms with van der Waals surface area (Å²) in [5, 5.41) is 52.2. The Bertz CT molecular complexity index is 2430. The molecule has 0 bridgehead atoms. The summed E-state index contributed by atoms with van der Waals surface area (Å²) in [5.41, 5.74) is 5.65. The van der Waals surface area contributed by atoms with Crippen molar-refractivity contribution in [1.82, 2.24) is 9.44 Å². The molecule has 0 saturated heterocycles. The average Bonchev–Trinajstić information content (AvgIpc) is 3.15. The molecule has 307 valence electrons. The van der Waals surface area contributed by atoms with Gasteiger partial charge in [0.25, 0.3) is 5.91 Å². The number of amides is 2. The van der Waals surface area contributed by atoms with E-state index < -0.39 is 49.1 Å². The van der Waals surface area contributed by atoms with Crippen molar-refractivity contribution in [1.29, 1.82) is 0 Å². The first-order chi connectivity index (χ1) is 26.3. The molecule has 0 spiro atoms. The third-order valence-corrected chi connectivity index (χ3v) is 10.5. The zero-order valence-corrected chi connectivity index (χ0v) is 34.3. The summed E-state index contributed by atoms with van der Waals surface area (Å²) in [6.45, 7) is 2.47. The van der Waals surface area contributed by atoms with E-state index in [1.165, 1.54) is 40.1 Å². The van der Waals surface area contributed by atoms with E-state index in [-0.39, 0.29) is 60.2 Å². The molecule has 0 atom stereocenters. The van der Waals surface area contributed by atoms with Crippen molar-refractivity contribution in [2.75, 3.05) is 30.2 Å². The zero-order chi connectivity index (χ0) is 41.8. The molecule has 57 heavy (non-hydrogen) atoms. The van der Waals surface area contributed by atoms with Crippen LogP contribution in [-0.2, 0) is 46.4 Å². The van der Waals surface area contributed by atoms with Crippen molar-refractivity contribution in [3.05, 3.63) is 123 Å². The van der Waals surface area contributed by atoms with Gasteiger partial charge in [-0.25, -0.2) is 26.3 Å². The van der Waals surface area contributed by atoms with Crippen LogP contribution < -0.4 is 25.5 Å². The van der Waals surface area contributed by atoms with Crippen LogP contribution in [0.3, 0.4) is 0 Å². The molecule has 18 nitrogen and oxygen atoms in total. The number of aliphatic hydroxyl groups excluding tert-OH is 2. The fraction of sp³-hybridized carbons (Fsp3) is 0.118. The Hall–Kier alpha value is -5.39. The van der Waals surface area contributed by atoms with Crippen LogP contribution in [0.2, 0.25) is 10.0 Å². The molecule has 23 heteroatoms. The topological polar surface area (TPSA) is 282 Å². The van der Waals surface area contributed by atoms with Crippen molar-refractivity contribution < 1.29 is 63.6 Å². The van der Waals surface area contributed by atoms with Gasteiger partial charge in [0.15, 0.2) is 5.70 Å². The molecule has 4 aromatic carbocycles. The normalized spacial score (nSPS) is 12.2. The van der Waals surface area contributed by atoms with E-state index in [1.54, 1.807) is 48.5 Å². The summed E-state index contributed by atoms with van der Waals surface area (Å²) in [5.74, 6) is -3.07. The van der Waals surface area contributed by atoms with Gasteiger partial charge in [-0.15, -0.1) is 10.2 Å². The minimum atomic E-state index is -3.77. The van der Waals surface area contributed by atoms with Crippen molar-refractivity contribution in [2.24, 2.45) is 10.2 Å². The molecule has 4 aromatic rings. The number of aromatic hydroxyl groups is 2. The number of rotatable bonds is 13. The zero-order valence-electron chi connectivity index (χ0n) is 30.1. The molecule has 0 unspecified atom stereocenters. The number of hydrogen-bond acceptors (Lipinski definition) is 13. The quantitative estimate of drug-likeness (QED) is 0.0228. The van der Waals surface area contributed by atoms with Gasteiger partial charge in [-0.05, 0) is 94.3 Å². The maximum absolute atomic E-state index is 12.4. The van der Waals surface area contributed by atoms with Gasteiger partial charge in [0.05, 0.1) is 42.7 Å². The number of phenols is 2. The average molecular weight is 910 g/mol. The minimum absolute atomic E-state index is 0. The Balaban J connectivity index is 0.000000387. The summed E-state index contributed by atoms with van der Waals surface area (Å²) < 4.78 is 51.8. The van der Waals surface area contributed by atoms with E-state index in [0.29, 0.717) is 16.4 Å². The number of hydrogen-bond donors (Lipinski definition) is 9. The van der Waals surface area contributed by atoms with Crippen molar-refractivity contribution in [3.63, 3.8) is 0 Å². The molecular weight excluding hydrogens is 874 g/mol.